The number of rotatable bonds is 18. The summed E-state index contributed by atoms with van der Waals surface area (Å²) in [6.45, 7) is 5.78. The Morgan fingerprint density at radius 1 is 0.654 bits per heavy atom. The van der Waals surface area contributed by atoms with Crippen molar-refractivity contribution in [2.45, 2.75) is 90.3 Å². The second-order valence-corrected chi connectivity index (χ2v) is 7.95. The highest BCUT2D eigenvalue weighted by Crippen LogP contribution is 2.12. The third kappa shape index (κ3) is 18.9. The molecule has 2 atom stereocenters. The zero-order chi connectivity index (χ0) is 18.9. The maximum absolute atomic E-state index is 9.59. The van der Waals surface area contributed by atoms with Crippen molar-refractivity contribution in [3.05, 3.63) is 0 Å². The van der Waals surface area contributed by atoms with Crippen LogP contribution in [0.25, 0.3) is 0 Å². The normalized spacial score (nSPS) is 14.9. The number of hydrogen-bond donors (Lipinski definition) is 5. The van der Waals surface area contributed by atoms with Crippen LogP contribution in [0.2, 0.25) is 0 Å². The lowest BCUT2D eigenvalue weighted by Crippen LogP contribution is -3.14. The van der Waals surface area contributed by atoms with Crippen LogP contribution in [-0.2, 0) is 0 Å². The Labute approximate surface area is 167 Å². The molecule has 0 amide bonds. The Kier molecular flexibility index (Phi) is 21.6. The maximum Gasteiger partial charge on any atom is 0.126 e. The number of quaternary nitrogens is 1. The smallest absolute Gasteiger partial charge is 0.126 e. The molecule has 0 aromatic rings. The summed E-state index contributed by atoms with van der Waals surface area (Å²) in [5, 5.41) is 37.1. The van der Waals surface area contributed by atoms with Crippen molar-refractivity contribution in [1.82, 2.24) is 0 Å². The van der Waals surface area contributed by atoms with E-state index in [0.29, 0.717) is 13.1 Å². The predicted molar refractivity (Wildman–Crippen MR) is 103 cm³/mol. The molecule has 0 saturated heterocycles. The maximum atomic E-state index is 9.59. The van der Waals surface area contributed by atoms with Crippen molar-refractivity contribution < 1.29 is 37.7 Å². The lowest BCUT2D eigenvalue weighted by molar-refractivity contribution is -0.906. The quantitative estimate of drug-likeness (QED) is 0.176. The minimum atomic E-state index is -0.753. The van der Waals surface area contributed by atoms with Gasteiger partial charge in [0.25, 0.3) is 0 Å². The summed E-state index contributed by atoms with van der Waals surface area (Å²) in [4.78, 5) is 1.05. The van der Waals surface area contributed by atoms with E-state index in [4.69, 9.17) is 10.2 Å². The minimum Gasteiger partial charge on any atom is -1.00 e. The van der Waals surface area contributed by atoms with Crippen LogP contribution in [0.1, 0.15) is 78.1 Å². The van der Waals surface area contributed by atoms with Crippen LogP contribution in [0.15, 0.2) is 0 Å². The van der Waals surface area contributed by atoms with Crippen LogP contribution in [0.3, 0.4) is 0 Å². The molecular formula is C20H44ClNO4. The van der Waals surface area contributed by atoms with E-state index in [9.17, 15) is 10.2 Å². The van der Waals surface area contributed by atoms with Crippen molar-refractivity contribution in [2.75, 3.05) is 32.8 Å². The molecule has 0 aromatic carbocycles. The Morgan fingerprint density at radius 2 is 1.04 bits per heavy atom. The average Bonchev–Trinajstić information content (AvgIpc) is 2.58. The van der Waals surface area contributed by atoms with Crippen LogP contribution in [0, 0.1) is 5.92 Å². The van der Waals surface area contributed by atoms with E-state index in [1.54, 1.807) is 0 Å². The molecule has 5 nitrogen and oxygen atoms in total. The van der Waals surface area contributed by atoms with Gasteiger partial charge in [-0.2, -0.15) is 0 Å². The van der Waals surface area contributed by atoms with Crippen LogP contribution >= 0.6 is 0 Å². The molecule has 0 bridgehead atoms. The van der Waals surface area contributed by atoms with Crippen molar-refractivity contribution in [3.63, 3.8) is 0 Å². The van der Waals surface area contributed by atoms with E-state index in [1.807, 2.05) is 0 Å². The van der Waals surface area contributed by atoms with Gasteiger partial charge in [0, 0.05) is 0 Å². The van der Waals surface area contributed by atoms with E-state index in [-0.39, 0.29) is 25.6 Å². The number of nitrogens with one attached hydrogen (secondary N) is 1. The lowest BCUT2D eigenvalue weighted by Gasteiger charge is -2.23. The predicted octanol–water partition coefficient (Wildman–Crippen LogP) is -1.86. The lowest BCUT2D eigenvalue weighted by atomic mass is 10.0. The molecule has 26 heavy (non-hydrogen) atoms. The Bertz CT molecular complexity index is 271. The summed E-state index contributed by atoms with van der Waals surface area (Å²) < 4.78 is 0. The van der Waals surface area contributed by atoms with E-state index in [1.165, 1.54) is 57.8 Å². The fourth-order valence-electron chi connectivity index (χ4n) is 3.25. The van der Waals surface area contributed by atoms with E-state index < -0.39 is 12.2 Å². The Hall–Kier alpha value is 0.0900. The molecule has 0 saturated carbocycles. The summed E-state index contributed by atoms with van der Waals surface area (Å²) in [5.74, 6) is 0.832. The van der Waals surface area contributed by atoms with Crippen molar-refractivity contribution in [3.8, 4) is 0 Å². The van der Waals surface area contributed by atoms with Crippen LogP contribution in [0.5, 0.6) is 0 Å². The van der Waals surface area contributed by atoms with E-state index >= 15 is 0 Å². The fraction of sp³-hybridized carbons (Fsp3) is 1.00. The van der Waals surface area contributed by atoms with Gasteiger partial charge in [0.2, 0.25) is 0 Å². The average molecular weight is 398 g/mol. The van der Waals surface area contributed by atoms with Gasteiger partial charge < -0.3 is 37.7 Å². The molecule has 0 radical (unpaired) electrons. The topological polar surface area (TPSA) is 85.4 Å². The molecule has 0 aliphatic rings. The molecule has 0 rings (SSSR count). The van der Waals surface area contributed by atoms with Gasteiger partial charge in [-0.05, 0) is 18.8 Å². The first kappa shape index (κ1) is 28.3. The van der Waals surface area contributed by atoms with Gasteiger partial charge in [0.05, 0.1) is 19.8 Å². The van der Waals surface area contributed by atoms with Gasteiger partial charge in [-0.15, -0.1) is 0 Å². The highest BCUT2D eigenvalue weighted by atomic mass is 35.5. The van der Waals surface area contributed by atoms with Gasteiger partial charge in [0.15, 0.2) is 0 Å². The number of aliphatic hydroxyl groups excluding tert-OH is 4. The molecule has 0 aliphatic carbocycles. The third-order valence-corrected chi connectivity index (χ3v) is 4.78. The number of aliphatic hydroxyl groups is 4. The van der Waals surface area contributed by atoms with Crippen molar-refractivity contribution >= 4 is 0 Å². The molecule has 0 spiro atoms. The van der Waals surface area contributed by atoms with Crippen LogP contribution < -0.4 is 17.3 Å². The second kappa shape index (κ2) is 19.8. The van der Waals surface area contributed by atoms with Gasteiger partial charge in [-0.3, -0.25) is 0 Å². The largest absolute Gasteiger partial charge is 1.00 e. The Balaban J connectivity index is 0. The zero-order valence-corrected chi connectivity index (χ0v) is 17.8. The molecule has 0 fully saturated rings. The van der Waals surface area contributed by atoms with Crippen molar-refractivity contribution in [1.29, 1.82) is 0 Å². The SMILES string of the molecule is CC(C)CCCCCCCCCCC[NH+](CC(O)CO)CC(O)CO.[Cl-]. The highest BCUT2D eigenvalue weighted by molar-refractivity contribution is 4.54. The summed E-state index contributed by atoms with van der Waals surface area (Å²) in [6.07, 6.45) is 11.4. The first-order valence-electron chi connectivity index (χ1n) is 10.4. The molecule has 6 heteroatoms. The molecule has 0 heterocycles. The van der Waals surface area contributed by atoms with Crippen molar-refractivity contribution in [2.24, 2.45) is 5.92 Å². The number of halogens is 1. The second-order valence-electron chi connectivity index (χ2n) is 7.95. The minimum absolute atomic E-state index is 0. The van der Waals surface area contributed by atoms with Crippen LogP contribution in [-0.4, -0.2) is 65.5 Å². The van der Waals surface area contributed by atoms with Gasteiger partial charge >= 0.3 is 0 Å². The zero-order valence-electron chi connectivity index (χ0n) is 17.0. The van der Waals surface area contributed by atoms with Gasteiger partial charge in [0.1, 0.15) is 25.3 Å². The molecule has 2 unspecified atom stereocenters. The fourth-order valence-corrected chi connectivity index (χ4v) is 3.25. The third-order valence-electron chi connectivity index (χ3n) is 4.78. The summed E-state index contributed by atoms with van der Waals surface area (Å²) >= 11 is 0. The highest BCUT2D eigenvalue weighted by Gasteiger charge is 2.17. The summed E-state index contributed by atoms with van der Waals surface area (Å²) in [7, 11) is 0. The molecule has 0 aromatic heterocycles. The monoisotopic (exact) mass is 397 g/mol. The molecule has 160 valence electrons. The van der Waals surface area contributed by atoms with Gasteiger partial charge in [-0.25, -0.2) is 0 Å². The summed E-state index contributed by atoms with van der Waals surface area (Å²) in [5.41, 5.74) is 0. The van der Waals surface area contributed by atoms with E-state index in [0.717, 1.165) is 23.8 Å². The molecule has 0 aliphatic heterocycles. The van der Waals surface area contributed by atoms with Gasteiger partial charge in [-0.1, -0.05) is 65.2 Å². The first-order valence-corrected chi connectivity index (χ1v) is 10.4. The molecule has 5 N–H and O–H groups in total. The number of hydrogen-bond acceptors (Lipinski definition) is 4. The summed E-state index contributed by atoms with van der Waals surface area (Å²) in [6, 6.07) is 0. The number of unbranched alkanes of at least 4 members (excludes halogenated alkanes) is 8. The standard InChI is InChI=1S/C20H43NO4.ClH/c1-18(2)12-10-8-6-4-3-5-7-9-11-13-21(14-19(24)16-22)15-20(25)17-23;/h18-20,22-25H,3-17H2,1-2H3;1H. The van der Waals surface area contributed by atoms with Crippen LogP contribution in [0.4, 0.5) is 0 Å². The molecular weight excluding hydrogens is 354 g/mol. The van der Waals surface area contributed by atoms with E-state index in [2.05, 4.69) is 13.8 Å². The Morgan fingerprint density at radius 3 is 1.42 bits per heavy atom. The first-order chi connectivity index (χ1) is 12.0.